The first-order valence-corrected chi connectivity index (χ1v) is 4.67. The van der Waals surface area contributed by atoms with E-state index in [0.29, 0.717) is 6.54 Å². The van der Waals surface area contributed by atoms with Crippen LogP contribution in [0.2, 0.25) is 0 Å². The van der Waals surface area contributed by atoms with Gasteiger partial charge in [-0.2, -0.15) is 0 Å². The van der Waals surface area contributed by atoms with E-state index in [0.717, 1.165) is 17.8 Å². The van der Waals surface area contributed by atoms with Gasteiger partial charge in [0.1, 0.15) is 0 Å². The topological polar surface area (TPSA) is 38.0 Å². The fourth-order valence-corrected chi connectivity index (χ4v) is 1.18. The Morgan fingerprint density at radius 1 is 1.54 bits per heavy atom. The van der Waals surface area contributed by atoms with Crippen LogP contribution in [0.1, 0.15) is 31.7 Å². The third kappa shape index (κ3) is 2.31. The zero-order chi connectivity index (χ0) is 10.1. The first kappa shape index (κ1) is 10.3. The predicted molar refractivity (Wildman–Crippen MR) is 52.6 cm³/mol. The van der Waals surface area contributed by atoms with Crippen LogP contribution >= 0.6 is 0 Å². The van der Waals surface area contributed by atoms with Gasteiger partial charge in [0.05, 0.1) is 24.2 Å². The molecule has 0 amide bonds. The van der Waals surface area contributed by atoms with Crippen LogP contribution in [0.15, 0.2) is 6.33 Å². The van der Waals surface area contributed by atoms with E-state index in [-0.39, 0.29) is 0 Å². The Labute approximate surface area is 79.4 Å². The molecule has 1 unspecified atom stereocenters. The van der Waals surface area contributed by atoms with Crippen molar-refractivity contribution in [2.24, 2.45) is 0 Å². The van der Waals surface area contributed by atoms with Crippen molar-refractivity contribution >= 4 is 0 Å². The van der Waals surface area contributed by atoms with Gasteiger partial charge in [-0.25, -0.2) is 4.98 Å². The Bertz CT molecular complexity index is 289. The molecule has 0 aromatic carbocycles. The number of imidazole rings is 1. The summed E-state index contributed by atoms with van der Waals surface area (Å²) >= 11 is 0. The van der Waals surface area contributed by atoms with Gasteiger partial charge in [0.2, 0.25) is 0 Å². The average molecular weight is 182 g/mol. The molecule has 1 aromatic rings. The number of hydrogen-bond acceptors (Lipinski definition) is 2. The van der Waals surface area contributed by atoms with E-state index in [4.69, 9.17) is 0 Å². The minimum atomic E-state index is -0.627. The lowest BCUT2D eigenvalue weighted by atomic mass is 10.0. The van der Waals surface area contributed by atoms with E-state index in [1.54, 1.807) is 6.33 Å². The molecule has 0 aliphatic rings. The van der Waals surface area contributed by atoms with E-state index in [1.807, 2.05) is 32.3 Å². The average Bonchev–Trinajstić information content (AvgIpc) is 2.36. The molecule has 74 valence electrons. The van der Waals surface area contributed by atoms with Gasteiger partial charge in [-0.3, -0.25) is 0 Å². The summed E-state index contributed by atoms with van der Waals surface area (Å²) in [5, 5.41) is 9.86. The molecule has 1 N–H and O–H groups in total. The second-order valence-electron chi connectivity index (χ2n) is 3.89. The highest BCUT2D eigenvalue weighted by molar-refractivity contribution is 5.08. The monoisotopic (exact) mass is 182 g/mol. The van der Waals surface area contributed by atoms with E-state index in [9.17, 15) is 5.11 Å². The Hall–Kier alpha value is -0.830. The molecule has 0 saturated carbocycles. The Kier molecular flexibility index (Phi) is 2.76. The van der Waals surface area contributed by atoms with E-state index in [1.165, 1.54) is 0 Å². The number of hydrogen-bond donors (Lipinski definition) is 1. The maximum Gasteiger partial charge on any atom is 0.0952 e. The van der Waals surface area contributed by atoms with Crippen LogP contribution in [0.4, 0.5) is 0 Å². The summed E-state index contributed by atoms with van der Waals surface area (Å²) in [4.78, 5) is 4.19. The third-order valence-corrected chi connectivity index (χ3v) is 2.62. The summed E-state index contributed by atoms with van der Waals surface area (Å²) in [5.74, 6) is 0. The van der Waals surface area contributed by atoms with Crippen molar-refractivity contribution in [3.05, 3.63) is 17.7 Å². The van der Waals surface area contributed by atoms with Gasteiger partial charge in [-0.1, -0.05) is 6.92 Å². The van der Waals surface area contributed by atoms with Crippen molar-refractivity contribution in [2.75, 3.05) is 0 Å². The molecule has 0 aliphatic carbocycles. The SMILES string of the molecule is CCC(C)(O)Cn1cnc(C)c1C. The molecule has 3 heteroatoms. The first-order valence-electron chi connectivity index (χ1n) is 4.67. The number of aromatic nitrogens is 2. The highest BCUT2D eigenvalue weighted by atomic mass is 16.3. The fraction of sp³-hybridized carbons (Fsp3) is 0.700. The van der Waals surface area contributed by atoms with Crippen LogP contribution < -0.4 is 0 Å². The molecule has 0 saturated heterocycles. The molecule has 0 spiro atoms. The highest BCUT2D eigenvalue weighted by Crippen LogP contribution is 2.14. The van der Waals surface area contributed by atoms with Crippen molar-refractivity contribution in [1.82, 2.24) is 9.55 Å². The number of rotatable bonds is 3. The normalized spacial score (nSPS) is 15.8. The Balaban J connectivity index is 2.80. The van der Waals surface area contributed by atoms with Crippen molar-refractivity contribution in [3.63, 3.8) is 0 Å². The fourth-order valence-electron chi connectivity index (χ4n) is 1.18. The summed E-state index contributed by atoms with van der Waals surface area (Å²) in [6.07, 6.45) is 2.54. The van der Waals surface area contributed by atoms with Gasteiger partial charge >= 0.3 is 0 Å². The van der Waals surface area contributed by atoms with E-state index >= 15 is 0 Å². The lowest BCUT2D eigenvalue weighted by Crippen LogP contribution is -2.29. The van der Waals surface area contributed by atoms with E-state index < -0.39 is 5.60 Å². The quantitative estimate of drug-likeness (QED) is 0.772. The van der Waals surface area contributed by atoms with Crippen LogP contribution in [0.3, 0.4) is 0 Å². The van der Waals surface area contributed by atoms with Gasteiger partial charge in [-0.15, -0.1) is 0 Å². The van der Waals surface area contributed by atoms with Gasteiger partial charge in [-0.05, 0) is 27.2 Å². The summed E-state index contributed by atoms with van der Waals surface area (Å²) in [7, 11) is 0. The Morgan fingerprint density at radius 3 is 2.54 bits per heavy atom. The van der Waals surface area contributed by atoms with Crippen LogP contribution in [-0.2, 0) is 6.54 Å². The molecule has 1 heterocycles. The van der Waals surface area contributed by atoms with Crippen molar-refractivity contribution in [2.45, 2.75) is 46.3 Å². The molecule has 1 aromatic heterocycles. The van der Waals surface area contributed by atoms with Gasteiger partial charge in [0, 0.05) is 5.69 Å². The number of nitrogens with zero attached hydrogens (tertiary/aromatic N) is 2. The lowest BCUT2D eigenvalue weighted by Gasteiger charge is -2.22. The maximum atomic E-state index is 9.86. The molecular formula is C10H18N2O. The molecule has 0 bridgehead atoms. The van der Waals surface area contributed by atoms with Gasteiger partial charge < -0.3 is 9.67 Å². The minimum absolute atomic E-state index is 0.621. The molecule has 1 rings (SSSR count). The number of aryl methyl sites for hydroxylation is 1. The molecule has 0 radical (unpaired) electrons. The van der Waals surface area contributed by atoms with Crippen LogP contribution in [0, 0.1) is 13.8 Å². The molecular weight excluding hydrogens is 164 g/mol. The lowest BCUT2D eigenvalue weighted by molar-refractivity contribution is 0.0374. The molecule has 0 aliphatic heterocycles. The zero-order valence-corrected chi connectivity index (χ0v) is 8.83. The molecule has 1 atom stereocenters. The largest absolute Gasteiger partial charge is 0.388 e. The molecule has 0 fully saturated rings. The minimum Gasteiger partial charge on any atom is -0.388 e. The van der Waals surface area contributed by atoms with Crippen LogP contribution in [0.5, 0.6) is 0 Å². The second kappa shape index (κ2) is 3.50. The summed E-state index contributed by atoms with van der Waals surface area (Å²) < 4.78 is 2.00. The second-order valence-corrected chi connectivity index (χ2v) is 3.89. The smallest absolute Gasteiger partial charge is 0.0952 e. The predicted octanol–water partition coefficient (Wildman–Crippen LogP) is 1.66. The number of aliphatic hydroxyl groups is 1. The van der Waals surface area contributed by atoms with Crippen LogP contribution in [-0.4, -0.2) is 20.3 Å². The summed E-state index contributed by atoms with van der Waals surface area (Å²) in [5.41, 5.74) is 1.54. The Morgan fingerprint density at radius 2 is 2.15 bits per heavy atom. The van der Waals surface area contributed by atoms with Gasteiger partial charge in [0.15, 0.2) is 0 Å². The highest BCUT2D eigenvalue weighted by Gasteiger charge is 2.19. The van der Waals surface area contributed by atoms with Crippen molar-refractivity contribution < 1.29 is 5.11 Å². The third-order valence-electron chi connectivity index (χ3n) is 2.62. The standard InChI is InChI=1S/C10H18N2O/c1-5-10(4,13)6-12-7-11-8(2)9(12)3/h7,13H,5-6H2,1-4H3. The first-order chi connectivity index (χ1) is 5.96. The van der Waals surface area contributed by atoms with Crippen molar-refractivity contribution in [1.29, 1.82) is 0 Å². The van der Waals surface area contributed by atoms with Crippen molar-refractivity contribution in [3.8, 4) is 0 Å². The summed E-state index contributed by atoms with van der Waals surface area (Å²) in [6.45, 7) is 8.46. The van der Waals surface area contributed by atoms with Gasteiger partial charge in [0.25, 0.3) is 0 Å². The maximum absolute atomic E-state index is 9.86. The summed E-state index contributed by atoms with van der Waals surface area (Å²) in [6, 6.07) is 0. The molecule has 13 heavy (non-hydrogen) atoms. The van der Waals surface area contributed by atoms with Crippen LogP contribution in [0.25, 0.3) is 0 Å². The van der Waals surface area contributed by atoms with E-state index in [2.05, 4.69) is 4.98 Å². The molecule has 3 nitrogen and oxygen atoms in total. The zero-order valence-electron chi connectivity index (χ0n) is 8.83.